The molecule has 0 aromatic rings. The number of hydrogen-bond acceptors (Lipinski definition) is 3. The molecule has 1 atom stereocenters. The van der Waals surface area contributed by atoms with Crippen molar-refractivity contribution in [2.24, 2.45) is 0 Å². The molecule has 0 aliphatic carbocycles. The lowest BCUT2D eigenvalue weighted by atomic mass is 10.2. The number of amides is 2. The summed E-state index contributed by atoms with van der Waals surface area (Å²) in [5.41, 5.74) is 0. The molecule has 1 aliphatic rings. The number of nitrogens with one attached hydrogen (secondary N) is 1. The van der Waals surface area contributed by atoms with Gasteiger partial charge in [-0.1, -0.05) is 6.92 Å². The second-order valence-electron chi connectivity index (χ2n) is 3.90. The molecule has 1 heterocycles. The minimum atomic E-state index is -2.92. The Bertz CT molecular complexity index is 326. The molecule has 88 valence electrons. The molecule has 15 heavy (non-hydrogen) atoms. The highest BCUT2D eigenvalue weighted by atomic mass is 32.2. The van der Waals surface area contributed by atoms with Gasteiger partial charge in [0.05, 0.1) is 11.5 Å². The van der Waals surface area contributed by atoms with Gasteiger partial charge in [0, 0.05) is 19.6 Å². The maximum atomic E-state index is 11.5. The van der Waals surface area contributed by atoms with Crippen molar-refractivity contribution in [1.82, 2.24) is 10.2 Å². The van der Waals surface area contributed by atoms with Crippen LogP contribution < -0.4 is 5.32 Å². The lowest BCUT2D eigenvalue weighted by Crippen LogP contribution is -2.44. The zero-order chi connectivity index (χ0) is 11.5. The summed E-state index contributed by atoms with van der Waals surface area (Å²) < 4.78 is 22.4. The first kappa shape index (κ1) is 12.3. The van der Waals surface area contributed by atoms with Crippen LogP contribution in [0, 0.1) is 0 Å². The molecule has 1 rings (SSSR count). The lowest BCUT2D eigenvalue weighted by Gasteiger charge is -2.23. The van der Waals surface area contributed by atoms with Crippen molar-refractivity contribution in [1.29, 1.82) is 0 Å². The minimum absolute atomic E-state index is 0.100. The molecule has 1 aliphatic heterocycles. The third-order valence-electron chi connectivity index (χ3n) is 2.60. The number of rotatable bonds is 3. The van der Waals surface area contributed by atoms with Gasteiger partial charge in [-0.15, -0.1) is 0 Å². The van der Waals surface area contributed by atoms with Crippen LogP contribution >= 0.6 is 0 Å². The van der Waals surface area contributed by atoms with E-state index in [1.807, 2.05) is 6.92 Å². The molecule has 0 radical (unpaired) electrons. The second-order valence-corrected chi connectivity index (χ2v) is 6.13. The Morgan fingerprint density at radius 1 is 1.53 bits per heavy atom. The van der Waals surface area contributed by atoms with E-state index in [0.29, 0.717) is 13.0 Å². The van der Waals surface area contributed by atoms with Gasteiger partial charge in [0.2, 0.25) is 0 Å². The average Bonchev–Trinajstić information content (AvgIpc) is 2.54. The molecule has 0 aromatic carbocycles. The van der Waals surface area contributed by atoms with E-state index >= 15 is 0 Å². The first-order valence-corrected chi connectivity index (χ1v) is 6.99. The van der Waals surface area contributed by atoms with E-state index in [0.717, 1.165) is 6.42 Å². The Kier molecular flexibility index (Phi) is 3.96. The predicted octanol–water partition coefficient (Wildman–Crippen LogP) is 0.225. The first-order valence-electron chi connectivity index (χ1n) is 5.17. The molecule has 2 amide bonds. The summed E-state index contributed by atoms with van der Waals surface area (Å²) >= 11 is 0. The van der Waals surface area contributed by atoms with Crippen molar-refractivity contribution < 1.29 is 13.2 Å². The fourth-order valence-electron chi connectivity index (χ4n) is 1.60. The number of urea groups is 1. The van der Waals surface area contributed by atoms with Gasteiger partial charge in [0.15, 0.2) is 9.84 Å². The number of hydrogen-bond donors (Lipinski definition) is 1. The molecule has 1 unspecified atom stereocenters. The highest BCUT2D eigenvalue weighted by Gasteiger charge is 2.32. The highest BCUT2D eigenvalue weighted by molar-refractivity contribution is 7.91. The molecule has 1 N–H and O–H groups in total. The smallest absolute Gasteiger partial charge is 0.317 e. The maximum Gasteiger partial charge on any atom is 0.317 e. The van der Waals surface area contributed by atoms with Crippen LogP contribution in [-0.2, 0) is 9.84 Å². The van der Waals surface area contributed by atoms with E-state index in [1.54, 1.807) is 7.05 Å². The van der Waals surface area contributed by atoms with Gasteiger partial charge >= 0.3 is 6.03 Å². The van der Waals surface area contributed by atoms with Crippen LogP contribution in [-0.4, -0.2) is 50.5 Å². The summed E-state index contributed by atoms with van der Waals surface area (Å²) in [7, 11) is -1.27. The van der Waals surface area contributed by atoms with Gasteiger partial charge < -0.3 is 10.2 Å². The fraction of sp³-hybridized carbons (Fsp3) is 0.889. The topological polar surface area (TPSA) is 66.5 Å². The summed E-state index contributed by atoms with van der Waals surface area (Å²) in [5.74, 6) is 0.298. The van der Waals surface area contributed by atoms with Crippen LogP contribution in [0.1, 0.15) is 19.8 Å². The van der Waals surface area contributed by atoms with Crippen molar-refractivity contribution >= 4 is 15.9 Å². The molecule has 0 bridgehead atoms. The van der Waals surface area contributed by atoms with Gasteiger partial charge in [-0.25, -0.2) is 13.2 Å². The predicted molar refractivity (Wildman–Crippen MR) is 58.5 cm³/mol. The summed E-state index contributed by atoms with van der Waals surface area (Å²) in [6.45, 7) is 2.60. The molecule has 5 nitrogen and oxygen atoms in total. The maximum absolute atomic E-state index is 11.5. The van der Waals surface area contributed by atoms with Crippen LogP contribution in [0.3, 0.4) is 0 Å². The van der Waals surface area contributed by atoms with E-state index in [9.17, 15) is 13.2 Å². The van der Waals surface area contributed by atoms with E-state index < -0.39 is 9.84 Å². The highest BCUT2D eigenvalue weighted by Crippen LogP contribution is 2.16. The van der Waals surface area contributed by atoms with Crippen LogP contribution in [0.5, 0.6) is 0 Å². The molecule has 1 fully saturated rings. The molecule has 0 spiro atoms. The van der Waals surface area contributed by atoms with Gasteiger partial charge in [-0.2, -0.15) is 0 Å². The lowest BCUT2D eigenvalue weighted by molar-refractivity contribution is 0.195. The monoisotopic (exact) mass is 234 g/mol. The van der Waals surface area contributed by atoms with Crippen molar-refractivity contribution in [2.75, 3.05) is 25.1 Å². The summed E-state index contributed by atoms with van der Waals surface area (Å²) in [6.07, 6.45) is 1.43. The van der Waals surface area contributed by atoms with Crippen molar-refractivity contribution in [3.05, 3.63) is 0 Å². The Hall–Kier alpha value is -0.780. The summed E-state index contributed by atoms with van der Waals surface area (Å²) in [6, 6.07) is -0.342. The van der Waals surface area contributed by atoms with Crippen LogP contribution in [0.4, 0.5) is 4.79 Å². The number of nitrogens with zero attached hydrogens (tertiary/aromatic N) is 1. The average molecular weight is 234 g/mol. The third kappa shape index (κ3) is 3.37. The normalized spacial score (nSPS) is 23.7. The first-order chi connectivity index (χ1) is 6.96. The molecule has 6 heteroatoms. The van der Waals surface area contributed by atoms with Crippen molar-refractivity contribution in [3.8, 4) is 0 Å². The summed E-state index contributed by atoms with van der Waals surface area (Å²) in [5, 5.41) is 2.73. The SMILES string of the molecule is CCCNC(=O)N(C)C1CCS(=O)(=O)C1. The number of sulfone groups is 1. The van der Waals surface area contributed by atoms with Crippen molar-refractivity contribution in [3.63, 3.8) is 0 Å². The van der Waals surface area contributed by atoms with E-state index in [2.05, 4.69) is 5.32 Å². The van der Waals surface area contributed by atoms with Gasteiger partial charge in [0.25, 0.3) is 0 Å². The number of carbonyl (C=O) groups excluding carboxylic acids is 1. The number of carbonyl (C=O) groups is 1. The van der Waals surface area contributed by atoms with E-state index in [-0.39, 0.29) is 23.6 Å². The van der Waals surface area contributed by atoms with Crippen LogP contribution in [0.15, 0.2) is 0 Å². The van der Waals surface area contributed by atoms with Crippen LogP contribution in [0.2, 0.25) is 0 Å². The standard InChI is InChI=1S/C9H18N2O3S/c1-3-5-10-9(12)11(2)8-4-6-15(13,14)7-8/h8H,3-7H2,1-2H3,(H,10,12). The quantitative estimate of drug-likeness (QED) is 0.760. The third-order valence-corrected chi connectivity index (χ3v) is 4.35. The zero-order valence-electron chi connectivity index (χ0n) is 9.19. The molecule has 1 saturated heterocycles. The van der Waals surface area contributed by atoms with Crippen molar-refractivity contribution in [2.45, 2.75) is 25.8 Å². The second kappa shape index (κ2) is 4.83. The van der Waals surface area contributed by atoms with Gasteiger partial charge in [0.1, 0.15) is 0 Å². The van der Waals surface area contributed by atoms with Gasteiger partial charge in [-0.3, -0.25) is 0 Å². The Balaban J connectivity index is 2.47. The fourth-order valence-corrected chi connectivity index (χ4v) is 3.38. The van der Waals surface area contributed by atoms with Gasteiger partial charge in [-0.05, 0) is 12.8 Å². The van der Waals surface area contributed by atoms with E-state index in [4.69, 9.17) is 0 Å². The Morgan fingerprint density at radius 2 is 2.20 bits per heavy atom. The minimum Gasteiger partial charge on any atom is -0.338 e. The summed E-state index contributed by atoms with van der Waals surface area (Å²) in [4.78, 5) is 13.0. The largest absolute Gasteiger partial charge is 0.338 e. The molecular weight excluding hydrogens is 216 g/mol. The van der Waals surface area contributed by atoms with E-state index in [1.165, 1.54) is 4.90 Å². The Labute approximate surface area is 90.7 Å². The Morgan fingerprint density at radius 3 is 2.67 bits per heavy atom. The molecule has 0 aromatic heterocycles. The van der Waals surface area contributed by atoms with Crippen LogP contribution in [0.25, 0.3) is 0 Å². The zero-order valence-corrected chi connectivity index (χ0v) is 10.0. The molecular formula is C9H18N2O3S. The molecule has 0 saturated carbocycles.